The highest BCUT2D eigenvalue weighted by Crippen LogP contribution is 2.35. The molecule has 18 heavy (non-hydrogen) atoms. The average molecular weight is 310 g/mol. The van der Waals surface area contributed by atoms with E-state index in [9.17, 15) is 4.79 Å². The zero-order valence-corrected chi connectivity index (χ0v) is 12.1. The minimum atomic E-state index is -0.0273. The lowest BCUT2D eigenvalue weighted by Gasteiger charge is -2.23. The topological polar surface area (TPSA) is 29.5 Å². The number of halogens is 1. The second-order valence-corrected chi connectivity index (χ2v) is 5.22. The standard InChI is InChI=1S/C14H16BrNO2/c1-10-12(15)4-3-5-13(10)16(11-6-7-11)14(17)8-9-18-2/h3-5,8-9,11H,6-7H2,1-2H3. The van der Waals surface area contributed by atoms with Crippen molar-refractivity contribution in [3.05, 3.63) is 40.6 Å². The summed E-state index contributed by atoms with van der Waals surface area (Å²) in [4.78, 5) is 14.0. The van der Waals surface area contributed by atoms with E-state index >= 15 is 0 Å². The summed E-state index contributed by atoms with van der Waals surface area (Å²) in [6.07, 6.45) is 5.03. The molecule has 0 saturated heterocycles. The molecule has 1 amide bonds. The summed E-state index contributed by atoms with van der Waals surface area (Å²) in [5.74, 6) is -0.0273. The van der Waals surface area contributed by atoms with Crippen LogP contribution in [0.5, 0.6) is 0 Å². The van der Waals surface area contributed by atoms with Crippen molar-refractivity contribution in [1.82, 2.24) is 0 Å². The van der Waals surface area contributed by atoms with Crippen LogP contribution in [0.15, 0.2) is 35.0 Å². The molecule has 1 aromatic rings. The number of hydrogen-bond donors (Lipinski definition) is 0. The summed E-state index contributed by atoms with van der Waals surface area (Å²) in [6.45, 7) is 2.02. The normalized spacial score (nSPS) is 14.8. The number of ether oxygens (including phenoxy) is 1. The molecule has 0 bridgehead atoms. The van der Waals surface area contributed by atoms with Crippen LogP contribution in [0.2, 0.25) is 0 Å². The highest BCUT2D eigenvalue weighted by Gasteiger charge is 2.33. The monoisotopic (exact) mass is 309 g/mol. The van der Waals surface area contributed by atoms with Gasteiger partial charge in [-0.3, -0.25) is 4.79 Å². The van der Waals surface area contributed by atoms with Crippen LogP contribution in [-0.2, 0) is 9.53 Å². The van der Waals surface area contributed by atoms with Crippen molar-refractivity contribution in [3.63, 3.8) is 0 Å². The van der Waals surface area contributed by atoms with Gasteiger partial charge in [0.2, 0.25) is 0 Å². The van der Waals surface area contributed by atoms with Crippen LogP contribution in [0.1, 0.15) is 18.4 Å². The molecule has 1 aromatic carbocycles. The fourth-order valence-electron chi connectivity index (χ4n) is 1.89. The molecular weight excluding hydrogens is 294 g/mol. The van der Waals surface area contributed by atoms with Crippen LogP contribution in [0.3, 0.4) is 0 Å². The largest absolute Gasteiger partial charge is 0.504 e. The van der Waals surface area contributed by atoms with E-state index in [-0.39, 0.29) is 5.91 Å². The van der Waals surface area contributed by atoms with E-state index in [4.69, 9.17) is 4.74 Å². The summed E-state index contributed by atoms with van der Waals surface area (Å²) in [6, 6.07) is 6.25. The van der Waals surface area contributed by atoms with Gasteiger partial charge in [0.1, 0.15) is 0 Å². The molecule has 2 rings (SSSR count). The third-order valence-corrected chi connectivity index (χ3v) is 3.85. The Balaban J connectivity index is 2.33. The molecule has 96 valence electrons. The second-order valence-electron chi connectivity index (χ2n) is 4.36. The average Bonchev–Trinajstić information content (AvgIpc) is 3.17. The predicted octanol–water partition coefficient (Wildman–Crippen LogP) is 3.41. The second kappa shape index (κ2) is 5.57. The Morgan fingerprint density at radius 1 is 1.50 bits per heavy atom. The minimum Gasteiger partial charge on any atom is -0.504 e. The highest BCUT2D eigenvalue weighted by atomic mass is 79.9. The van der Waals surface area contributed by atoms with Gasteiger partial charge in [-0.2, -0.15) is 0 Å². The van der Waals surface area contributed by atoms with E-state index in [1.807, 2.05) is 30.0 Å². The molecule has 3 nitrogen and oxygen atoms in total. The first-order valence-corrected chi connectivity index (χ1v) is 6.72. The number of nitrogens with zero attached hydrogens (tertiary/aromatic N) is 1. The molecule has 1 aliphatic rings. The van der Waals surface area contributed by atoms with E-state index in [0.717, 1.165) is 28.6 Å². The molecule has 1 aliphatic carbocycles. The molecule has 0 spiro atoms. The van der Waals surface area contributed by atoms with Gasteiger partial charge in [0.25, 0.3) is 5.91 Å². The number of methoxy groups -OCH3 is 1. The molecule has 0 atom stereocenters. The number of amides is 1. The lowest BCUT2D eigenvalue weighted by molar-refractivity contribution is -0.114. The van der Waals surface area contributed by atoms with Crippen LogP contribution in [0, 0.1) is 6.92 Å². The summed E-state index contributed by atoms with van der Waals surface area (Å²) < 4.78 is 5.84. The number of rotatable bonds is 4. The molecular formula is C14H16BrNO2. The van der Waals surface area contributed by atoms with Gasteiger partial charge in [-0.1, -0.05) is 22.0 Å². The summed E-state index contributed by atoms with van der Waals surface area (Å²) in [7, 11) is 1.54. The molecule has 0 radical (unpaired) electrons. The summed E-state index contributed by atoms with van der Waals surface area (Å²) in [5, 5.41) is 0. The Labute approximate surface area is 116 Å². The Bertz CT molecular complexity index is 481. The quantitative estimate of drug-likeness (QED) is 0.630. The van der Waals surface area contributed by atoms with Gasteiger partial charge < -0.3 is 9.64 Å². The SMILES string of the molecule is COC=CC(=O)N(c1cccc(Br)c1C)C1CC1. The molecule has 0 aromatic heterocycles. The molecule has 0 aliphatic heterocycles. The van der Waals surface area contributed by atoms with Gasteiger partial charge in [0.05, 0.1) is 13.4 Å². The molecule has 0 N–H and O–H groups in total. The third-order valence-electron chi connectivity index (χ3n) is 2.99. The van der Waals surface area contributed by atoms with Gasteiger partial charge in [-0.15, -0.1) is 0 Å². The van der Waals surface area contributed by atoms with Crippen molar-refractivity contribution in [2.45, 2.75) is 25.8 Å². The first kappa shape index (κ1) is 13.1. The van der Waals surface area contributed by atoms with Crippen LogP contribution >= 0.6 is 15.9 Å². The number of benzene rings is 1. The number of carbonyl (C=O) groups excluding carboxylic acids is 1. The number of hydrogen-bond acceptors (Lipinski definition) is 2. The van der Waals surface area contributed by atoms with E-state index in [1.54, 1.807) is 0 Å². The number of anilines is 1. The fraction of sp³-hybridized carbons (Fsp3) is 0.357. The first-order valence-electron chi connectivity index (χ1n) is 5.92. The van der Waals surface area contributed by atoms with Crippen LogP contribution in [-0.4, -0.2) is 19.1 Å². The van der Waals surface area contributed by atoms with Crippen molar-refractivity contribution in [2.75, 3.05) is 12.0 Å². The predicted molar refractivity (Wildman–Crippen MR) is 75.5 cm³/mol. The minimum absolute atomic E-state index is 0.0273. The number of carbonyl (C=O) groups is 1. The van der Waals surface area contributed by atoms with Gasteiger partial charge in [-0.05, 0) is 37.5 Å². The molecule has 4 heteroatoms. The molecule has 0 unspecified atom stereocenters. The van der Waals surface area contributed by atoms with E-state index in [2.05, 4.69) is 15.9 Å². The van der Waals surface area contributed by atoms with Crippen LogP contribution in [0.25, 0.3) is 0 Å². The van der Waals surface area contributed by atoms with Crippen LogP contribution < -0.4 is 4.90 Å². The Morgan fingerprint density at radius 2 is 2.22 bits per heavy atom. The van der Waals surface area contributed by atoms with Gasteiger partial charge in [0.15, 0.2) is 0 Å². The highest BCUT2D eigenvalue weighted by molar-refractivity contribution is 9.10. The van der Waals surface area contributed by atoms with E-state index in [1.165, 1.54) is 19.4 Å². The Morgan fingerprint density at radius 3 is 2.83 bits per heavy atom. The van der Waals surface area contributed by atoms with Crippen LogP contribution in [0.4, 0.5) is 5.69 Å². The van der Waals surface area contributed by atoms with Gasteiger partial charge in [-0.25, -0.2) is 0 Å². The van der Waals surface area contributed by atoms with Crippen molar-refractivity contribution in [2.24, 2.45) is 0 Å². The molecule has 1 saturated carbocycles. The molecule has 0 heterocycles. The zero-order valence-electron chi connectivity index (χ0n) is 10.5. The Kier molecular flexibility index (Phi) is 4.07. The first-order chi connectivity index (χ1) is 8.65. The zero-order chi connectivity index (χ0) is 13.1. The van der Waals surface area contributed by atoms with E-state index < -0.39 is 0 Å². The maximum absolute atomic E-state index is 12.2. The third kappa shape index (κ3) is 2.75. The van der Waals surface area contributed by atoms with E-state index in [0.29, 0.717) is 6.04 Å². The Hall–Kier alpha value is -1.29. The van der Waals surface area contributed by atoms with Crippen molar-refractivity contribution >= 4 is 27.5 Å². The molecule has 1 fully saturated rings. The fourth-order valence-corrected chi connectivity index (χ4v) is 2.25. The smallest absolute Gasteiger partial charge is 0.254 e. The lowest BCUT2D eigenvalue weighted by Crippen LogP contribution is -2.32. The van der Waals surface area contributed by atoms with Crippen molar-refractivity contribution in [1.29, 1.82) is 0 Å². The van der Waals surface area contributed by atoms with Gasteiger partial charge in [0, 0.05) is 22.3 Å². The van der Waals surface area contributed by atoms with Crippen molar-refractivity contribution in [3.8, 4) is 0 Å². The maximum atomic E-state index is 12.2. The van der Waals surface area contributed by atoms with Gasteiger partial charge >= 0.3 is 0 Å². The lowest BCUT2D eigenvalue weighted by atomic mass is 10.1. The maximum Gasteiger partial charge on any atom is 0.254 e. The van der Waals surface area contributed by atoms with Crippen molar-refractivity contribution < 1.29 is 9.53 Å². The summed E-state index contributed by atoms with van der Waals surface area (Å²) in [5.41, 5.74) is 2.06. The summed E-state index contributed by atoms with van der Waals surface area (Å²) >= 11 is 3.50.